The lowest BCUT2D eigenvalue weighted by molar-refractivity contribution is 0.495. The standard InChI is InChI=1S/C11H15ClN4/c12-9-2-1-5-15-11(9)16-6-3-8(4-7-16)10(13)14/h1-2,5,8H,3-4,6-7H2,(H3,13,14). The van der Waals surface area contributed by atoms with Crippen LogP contribution in [0.2, 0.25) is 5.02 Å². The van der Waals surface area contributed by atoms with Gasteiger partial charge in [-0.25, -0.2) is 4.98 Å². The van der Waals surface area contributed by atoms with Crippen LogP contribution in [-0.4, -0.2) is 23.9 Å². The molecule has 1 aliphatic heterocycles. The summed E-state index contributed by atoms with van der Waals surface area (Å²) in [6.07, 6.45) is 3.56. The molecule has 0 saturated carbocycles. The Morgan fingerprint density at radius 3 is 2.75 bits per heavy atom. The van der Waals surface area contributed by atoms with Crippen LogP contribution < -0.4 is 10.6 Å². The van der Waals surface area contributed by atoms with E-state index in [1.54, 1.807) is 6.20 Å². The van der Waals surface area contributed by atoms with Gasteiger partial charge in [0.25, 0.3) is 0 Å². The van der Waals surface area contributed by atoms with Crippen molar-refractivity contribution in [3.8, 4) is 0 Å². The number of halogens is 1. The van der Waals surface area contributed by atoms with Crippen molar-refractivity contribution >= 4 is 23.3 Å². The maximum absolute atomic E-state index is 7.42. The van der Waals surface area contributed by atoms with Gasteiger partial charge in [0.05, 0.1) is 10.9 Å². The molecule has 1 aliphatic rings. The summed E-state index contributed by atoms with van der Waals surface area (Å²) in [7, 11) is 0. The molecule has 1 aromatic heterocycles. The van der Waals surface area contributed by atoms with Gasteiger partial charge in [0.2, 0.25) is 0 Å². The molecule has 16 heavy (non-hydrogen) atoms. The quantitative estimate of drug-likeness (QED) is 0.611. The van der Waals surface area contributed by atoms with Crippen LogP contribution in [-0.2, 0) is 0 Å². The van der Waals surface area contributed by atoms with Crippen LogP contribution in [0.4, 0.5) is 5.82 Å². The summed E-state index contributed by atoms with van der Waals surface area (Å²) in [5.74, 6) is 1.36. The summed E-state index contributed by atoms with van der Waals surface area (Å²) in [6, 6.07) is 3.68. The molecule has 2 heterocycles. The highest BCUT2D eigenvalue weighted by molar-refractivity contribution is 6.32. The highest BCUT2D eigenvalue weighted by Crippen LogP contribution is 2.27. The lowest BCUT2D eigenvalue weighted by atomic mass is 9.96. The van der Waals surface area contributed by atoms with Crippen LogP contribution in [0.25, 0.3) is 0 Å². The number of rotatable bonds is 2. The average Bonchev–Trinajstić information content (AvgIpc) is 2.30. The fourth-order valence-corrected chi connectivity index (χ4v) is 2.25. The Kier molecular flexibility index (Phi) is 3.29. The van der Waals surface area contributed by atoms with Gasteiger partial charge in [0.15, 0.2) is 0 Å². The van der Waals surface area contributed by atoms with Crippen molar-refractivity contribution in [3.05, 3.63) is 23.4 Å². The first-order valence-electron chi connectivity index (χ1n) is 5.38. The largest absolute Gasteiger partial charge is 0.387 e. The maximum Gasteiger partial charge on any atom is 0.147 e. The second kappa shape index (κ2) is 4.70. The Bertz CT molecular complexity index is 385. The lowest BCUT2D eigenvalue weighted by Crippen LogP contribution is -2.38. The Morgan fingerprint density at radius 1 is 1.50 bits per heavy atom. The molecular formula is C11H15ClN4. The number of anilines is 1. The Morgan fingerprint density at radius 2 is 2.19 bits per heavy atom. The van der Waals surface area contributed by atoms with Crippen LogP contribution in [0, 0.1) is 11.3 Å². The molecule has 2 rings (SSSR count). The third-order valence-electron chi connectivity index (χ3n) is 2.97. The van der Waals surface area contributed by atoms with Crippen LogP contribution in [0.3, 0.4) is 0 Å². The van der Waals surface area contributed by atoms with E-state index in [1.165, 1.54) is 0 Å². The number of nitrogens with zero attached hydrogens (tertiary/aromatic N) is 2. The second-order valence-corrected chi connectivity index (χ2v) is 4.43. The zero-order valence-electron chi connectivity index (χ0n) is 8.99. The molecule has 1 aromatic rings. The van der Waals surface area contributed by atoms with Crippen molar-refractivity contribution in [2.75, 3.05) is 18.0 Å². The topological polar surface area (TPSA) is 66.0 Å². The molecule has 86 valence electrons. The normalized spacial score (nSPS) is 17.4. The van der Waals surface area contributed by atoms with Gasteiger partial charge in [0, 0.05) is 25.2 Å². The highest BCUT2D eigenvalue weighted by atomic mass is 35.5. The van der Waals surface area contributed by atoms with Crippen molar-refractivity contribution in [2.24, 2.45) is 11.7 Å². The molecule has 1 saturated heterocycles. The first-order chi connectivity index (χ1) is 7.68. The average molecular weight is 239 g/mol. The lowest BCUT2D eigenvalue weighted by Gasteiger charge is -2.32. The summed E-state index contributed by atoms with van der Waals surface area (Å²) in [6.45, 7) is 1.72. The molecule has 0 radical (unpaired) electrons. The number of nitrogens with one attached hydrogen (secondary N) is 1. The van der Waals surface area contributed by atoms with E-state index >= 15 is 0 Å². The summed E-state index contributed by atoms with van der Waals surface area (Å²) < 4.78 is 0. The third-order valence-corrected chi connectivity index (χ3v) is 3.27. The van der Waals surface area contributed by atoms with E-state index in [1.807, 2.05) is 12.1 Å². The molecule has 0 bridgehead atoms. The Hall–Kier alpha value is -1.29. The van der Waals surface area contributed by atoms with Gasteiger partial charge in [0.1, 0.15) is 5.82 Å². The highest BCUT2D eigenvalue weighted by Gasteiger charge is 2.22. The van der Waals surface area contributed by atoms with E-state index in [4.69, 9.17) is 22.7 Å². The van der Waals surface area contributed by atoms with E-state index in [9.17, 15) is 0 Å². The number of hydrogen-bond acceptors (Lipinski definition) is 3. The Balaban J connectivity index is 2.05. The fraction of sp³-hybridized carbons (Fsp3) is 0.455. The predicted octanol–water partition coefficient (Wildman–Crippen LogP) is 1.89. The fourth-order valence-electron chi connectivity index (χ4n) is 2.01. The van der Waals surface area contributed by atoms with Gasteiger partial charge < -0.3 is 10.6 Å². The summed E-state index contributed by atoms with van der Waals surface area (Å²) in [5, 5.41) is 8.10. The number of hydrogen-bond donors (Lipinski definition) is 2. The minimum atomic E-state index is 0.221. The van der Waals surface area contributed by atoms with E-state index in [-0.39, 0.29) is 5.92 Å². The molecule has 0 amide bonds. The van der Waals surface area contributed by atoms with Crippen molar-refractivity contribution < 1.29 is 0 Å². The summed E-state index contributed by atoms with van der Waals surface area (Å²) in [5.41, 5.74) is 5.50. The number of amidine groups is 1. The first-order valence-corrected chi connectivity index (χ1v) is 5.75. The second-order valence-electron chi connectivity index (χ2n) is 4.03. The molecule has 0 aliphatic carbocycles. The van der Waals surface area contributed by atoms with E-state index in [0.717, 1.165) is 31.7 Å². The smallest absolute Gasteiger partial charge is 0.147 e. The number of pyridine rings is 1. The van der Waals surface area contributed by atoms with Crippen molar-refractivity contribution in [1.29, 1.82) is 5.41 Å². The molecule has 1 fully saturated rings. The Labute approximate surface area is 99.9 Å². The zero-order chi connectivity index (χ0) is 11.5. The molecule has 0 unspecified atom stereocenters. The monoisotopic (exact) mass is 238 g/mol. The number of aromatic nitrogens is 1. The minimum absolute atomic E-state index is 0.221. The molecule has 4 nitrogen and oxygen atoms in total. The predicted molar refractivity (Wildman–Crippen MR) is 66.1 cm³/mol. The van der Waals surface area contributed by atoms with Crippen molar-refractivity contribution in [2.45, 2.75) is 12.8 Å². The van der Waals surface area contributed by atoms with Gasteiger partial charge in [-0.15, -0.1) is 0 Å². The first kappa shape index (κ1) is 11.2. The summed E-state index contributed by atoms with van der Waals surface area (Å²) in [4.78, 5) is 6.44. The molecule has 0 aromatic carbocycles. The van der Waals surface area contributed by atoms with E-state index in [2.05, 4.69) is 9.88 Å². The van der Waals surface area contributed by atoms with Gasteiger partial charge in [-0.3, -0.25) is 5.41 Å². The van der Waals surface area contributed by atoms with Gasteiger partial charge in [-0.1, -0.05) is 11.6 Å². The van der Waals surface area contributed by atoms with Crippen molar-refractivity contribution in [3.63, 3.8) is 0 Å². The number of nitrogens with two attached hydrogens (primary N) is 1. The molecule has 0 atom stereocenters. The minimum Gasteiger partial charge on any atom is -0.387 e. The SMILES string of the molecule is N=C(N)C1CCN(c2ncccc2Cl)CC1. The molecule has 0 spiro atoms. The molecule has 3 N–H and O–H groups in total. The zero-order valence-corrected chi connectivity index (χ0v) is 9.74. The third kappa shape index (κ3) is 2.27. The van der Waals surface area contributed by atoms with Crippen LogP contribution in [0.15, 0.2) is 18.3 Å². The summed E-state index contributed by atoms with van der Waals surface area (Å²) >= 11 is 6.09. The molecule has 5 heteroatoms. The van der Waals surface area contributed by atoms with Crippen molar-refractivity contribution in [1.82, 2.24) is 4.98 Å². The van der Waals surface area contributed by atoms with E-state index < -0.39 is 0 Å². The van der Waals surface area contributed by atoms with E-state index in [0.29, 0.717) is 10.9 Å². The van der Waals surface area contributed by atoms with Crippen LogP contribution >= 0.6 is 11.6 Å². The molecular weight excluding hydrogens is 224 g/mol. The number of piperidine rings is 1. The van der Waals surface area contributed by atoms with Gasteiger partial charge >= 0.3 is 0 Å². The van der Waals surface area contributed by atoms with Crippen LogP contribution in [0.1, 0.15) is 12.8 Å². The van der Waals surface area contributed by atoms with Gasteiger partial charge in [-0.2, -0.15) is 0 Å². The van der Waals surface area contributed by atoms with Crippen LogP contribution in [0.5, 0.6) is 0 Å². The maximum atomic E-state index is 7.42. The van der Waals surface area contributed by atoms with Gasteiger partial charge in [-0.05, 0) is 25.0 Å².